The first-order valence-corrected chi connectivity index (χ1v) is 6.25. The van der Waals surface area contributed by atoms with E-state index in [0.717, 1.165) is 12.1 Å². The molecular formula is C14H20F2N2O. The highest BCUT2D eigenvalue weighted by Gasteiger charge is 2.27. The number of amides is 1. The van der Waals surface area contributed by atoms with Crippen LogP contribution < -0.4 is 5.73 Å². The predicted octanol–water partition coefficient (Wildman–Crippen LogP) is 2.41. The molecule has 1 amide bonds. The van der Waals surface area contributed by atoms with Crippen LogP contribution in [-0.2, 0) is 0 Å². The Morgan fingerprint density at radius 1 is 1.32 bits per heavy atom. The molecule has 0 aromatic heterocycles. The van der Waals surface area contributed by atoms with Gasteiger partial charge in [0.25, 0.3) is 5.91 Å². The van der Waals surface area contributed by atoms with Crippen molar-refractivity contribution in [2.24, 2.45) is 11.1 Å². The average Bonchev–Trinajstić information content (AvgIpc) is 2.35. The Bertz CT molecular complexity index is 441. The van der Waals surface area contributed by atoms with E-state index in [1.54, 1.807) is 6.92 Å². The average molecular weight is 270 g/mol. The fourth-order valence-corrected chi connectivity index (χ4v) is 1.77. The fourth-order valence-electron chi connectivity index (χ4n) is 1.77. The number of hydrogen-bond acceptors (Lipinski definition) is 2. The quantitative estimate of drug-likeness (QED) is 0.893. The Hall–Kier alpha value is -1.49. The van der Waals surface area contributed by atoms with Crippen LogP contribution in [0.3, 0.4) is 0 Å². The molecule has 1 aromatic carbocycles. The Labute approximate surface area is 112 Å². The molecule has 0 aliphatic rings. The zero-order valence-corrected chi connectivity index (χ0v) is 11.5. The SMILES string of the molecule is CCN(CC(C)(C)CN)C(=O)c1c(F)cccc1F. The maximum Gasteiger partial charge on any atom is 0.259 e. The van der Waals surface area contributed by atoms with Gasteiger partial charge in [0.1, 0.15) is 17.2 Å². The molecule has 0 radical (unpaired) electrons. The van der Waals surface area contributed by atoms with Gasteiger partial charge in [-0.05, 0) is 31.0 Å². The minimum absolute atomic E-state index is 0.298. The molecule has 0 saturated carbocycles. The lowest BCUT2D eigenvalue weighted by Crippen LogP contribution is -2.42. The topological polar surface area (TPSA) is 46.3 Å². The van der Waals surface area contributed by atoms with E-state index in [2.05, 4.69) is 0 Å². The summed E-state index contributed by atoms with van der Waals surface area (Å²) in [5.41, 5.74) is 4.82. The zero-order valence-electron chi connectivity index (χ0n) is 11.5. The number of halogens is 2. The number of benzene rings is 1. The molecule has 1 aromatic rings. The number of hydrogen-bond donors (Lipinski definition) is 1. The summed E-state index contributed by atoms with van der Waals surface area (Å²) in [5.74, 6) is -2.32. The number of nitrogens with two attached hydrogens (primary N) is 1. The minimum Gasteiger partial charge on any atom is -0.338 e. The Morgan fingerprint density at radius 2 is 1.84 bits per heavy atom. The van der Waals surface area contributed by atoms with Crippen LogP contribution in [0.5, 0.6) is 0 Å². The molecule has 0 spiro atoms. The first kappa shape index (κ1) is 15.6. The highest BCUT2D eigenvalue weighted by atomic mass is 19.1. The fraction of sp³-hybridized carbons (Fsp3) is 0.500. The molecular weight excluding hydrogens is 250 g/mol. The minimum atomic E-state index is -0.839. The Kier molecular flexibility index (Phi) is 5.00. The first-order chi connectivity index (χ1) is 8.82. The molecule has 0 bridgehead atoms. The molecule has 0 saturated heterocycles. The maximum atomic E-state index is 13.6. The maximum absolute atomic E-state index is 13.6. The Morgan fingerprint density at radius 3 is 2.26 bits per heavy atom. The van der Waals surface area contributed by atoms with Crippen LogP contribution >= 0.6 is 0 Å². The van der Waals surface area contributed by atoms with E-state index in [0.29, 0.717) is 19.6 Å². The van der Waals surface area contributed by atoms with Gasteiger partial charge in [-0.3, -0.25) is 4.79 Å². The second kappa shape index (κ2) is 6.10. The Balaban J connectivity index is 3.03. The molecule has 0 aliphatic carbocycles. The monoisotopic (exact) mass is 270 g/mol. The van der Waals surface area contributed by atoms with Crippen molar-refractivity contribution in [3.63, 3.8) is 0 Å². The van der Waals surface area contributed by atoms with Crippen LogP contribution in [0, 0.1) is 17.0 Å². The molecule has 0 aliphatic heterocycles. The summed E-state index contributed by atoms with van der Waals surface area (Å²) in [6.45, 7) is 6.68. The van der Waals surface area contributed by atoms with E-state index < -0.39 is 23.1 Å². The summed E-state index contributed by atoms with van der Waals surface area (Å²) in [4.78, 5) is 13.6. The third kappa shape index (κ3) is 3.73. The summed E-state index contributed by atoms with van der Waals surface area (Å²) >= 11 is 0. The predicted molar refractivity (Wildman–Crippen MR) is 70.8 cm³/mol. The van der Waals surface area contributed by atoms with Gasteiger partial charge in [0, 0.05) is 13.1 Å². The van der Waals surface area contributed by atoms with Crippen molar-refractivity contribution in [1.29, 1.82) is 0 Å². The van der Waals surface area contributed by atoms with Crippen molar-refractivity contribution >= 4 is 5.91 Å². The molecule has 0 fully saturated rings. The lowest BCUT2D eigenvalue weighted by atomic mass is 9.93. The lowest BCUT2D eigenvalue weighted by molar-refractivity contribution is 0.0691. The molecule has 1 rings (SSSR count). The van der Waals surface area contributed by atoms with E-state index in [9.17, 15) is 13.6 Å². The van der Waals surface area contributed by atoms with Crippen molar-refractivity contribution in [3.05, 3.63) is 35.4 Å². The van der Waals surface area contributed by atoms with Gasteiger partial charge in [0.15, 0.2) is 0 Å². The smallest absolute Gasteiger partial charge is 0.259 e. The van der Waals surface area contributed by atoms with E-state index >= 15 is 0 Å². The van der Waals surface area contributed by atoms with E-state index in [4.69, 9.17) is 5.73 Å². The molecule has 0 atom stereocenters. The van der Waals surface area contributed by atoms with E-state index in [-0.39, 0.29) is 5.41 Å². The third-order valence-corrected chi connectivity index (χ3v) is 3.02. The summed E-state index contributed by atoms with van der Waals surface area (Å²) in [7, 11) is 0. The summed E-state index contributed by atoms with van der Waals surface area (Å²) in [6.07, 6.45) is 0. The van der Waals surface area contributed by atoms with E-state index in [1.807, 2.05) is 13.8 Å². The van der Waals surface area contributed by atoms with Crippen molar-refractivity contribution < 1.29 is 13.6 Å². The van der Waals surface area contributed by atoms with Gasteiger partial charge in [-0.1, -0.05) is 19.9 Å². The number of carbonyl (C=O) groups excluding carboxylic acids is 1. The molecule has 0 heterocycles. The van der Waals surface area contributed by atoms with Crippen LogP contribution in [0.4, 0.5) is 8.78 Å². The van der Waals surface area contributed by atoms with Crippen LogP contribution in [0.25, 0.3) is 0 Å². The molecule has 2 N–H and O–H groups in total. The molecule has 0 unspecified atom stereocenters. The molecule has 5 heteroatoms. The van der Waals surface area contributed by atoms with Crippen molar-refractivity contribution in [1.82, 2.24) is 4.90 Å². The van der Waals surface area contributed by atoms with Gasteiger partial charge in [0.2, 0.25) is 0 Å². The number of nitrogens with zero attached hydrogens (tertiary/aromatic N) is 1. The van der Waals surface area contributed by atoms with Crippen molar-refractivity contribution in [2.45, 2.75) is 20.8 Å². The van der Waals surface area contributed by atoms with Crippen molar-refractivity contribution in [2.75, 3.05) is 19.6 Å². The van der Waals surface area contributed by atoms with Crippen LogP contribution in [0.2, 0.25) is 0 Å². The summed E-state index contributed by atoms with van der Waals surface area (Å²) in [5, 5.41) is 0. The molecule has 19 heavy (non-hydrogen) atoms. The first-order valence-electron chi connectivity index (χ1n) is 6.25. The highest BCUT2D eigenvalue weighted by molar-refractivity contribution is 5.94. The van der Waals surface area contributed by atoms with Gasteiger partial charge >= 0.3 is 0 Å². The molecule has 106 valence electrons. The number of rotatable bonds is 5. The lowest BCUT2D eigenvalue weighted by Gasteiger charge is -2.31. The molecule has 3 nitrogen and oxygen atoms in total. The highest BCUT2D eigenvalue weighted by Crippen LogP contribution is 2.19. The van der Waals surface area contributed by atoms with Gasteiger partial charge in [0.05, 0.1) is 0 Å². The van der Waals surface area contributed by atoms with Gasteiger partial charge in [-0.25, -0.2) is 8.78 Å². The summed E-state index contributed by atoms with van der Waals surface area (Å²) < 4.78 is 27.2. The van der Waals surface area contributed by atoms with Crippen molar-refractivity contribution in [3.8, 4) is 0 Å². The summed E-state index contributed by atoms with van der Waals surface area (Å²) in [6, 6.07) is 3.40. The van der Waals surface area contributed by atoms with Crippen LogP contribution in [-0.4, -0.2) is 30.4 Å². The van der Waals surface area contributed by atoms with Crippen LogP contribution in [0.1, 0.15) is 31.1 Å². The van der Waals surface area contributed by atoms with E-state index in [1.165, 1.54) is 11.0 Å². The second-order valence-corrected chi connectivity index (χ2v) is 5.28. The third-order valence-electron chi connectivity index (χ3n) is 3.02. The number of carbonyl (C=O) groups is 1. The largest absolute Gasteiger partial charge is 0.338 e. The zero-order chi connectivity index (χ0) is 14.6. The second-order valence-electron chi connectivity index (χ2n) is 5.28. The normalized spacial score (nSPS) is 11.5. The van der Waals surface area contributed by atoms with Gasteiger partial charge in [-0.15, -0.1) is 0 Å². The van der Waals surface area contributed by atoms with Gasteiger partial charge < -0.3 is 10.6 Å². The van der Waals surface area contributed by atoms with Crippen LogP contribution in [0.15, 0.2) is 18.2 Å². The standard InChI is InChI=1S/C14H20F2N2O/c1-4-18(9-14(2,3)8-17)13(19)12-10(15)6-5-7-11(12)16/h5-7H,4,8-9,17H2,1-3H3. The van der Waals surface area contributed by atoms with Gasteiger partial charge in [-0.2, -0.15) is 0 Å².